The van der Waals surface area contributed by atoms with Crippen LogP contribution in [-0.2, 0) is 11.2 Å². The molecule has 0 aromatic heterocycles. The Labute approximate surface area is 121 Å². The zero-order valence-electron chi connectivity index (χ0n) is 13.1. The van der Waals surface area contributed by atoms with E-state index in [9.17, 15) is 4.79 Å². The van der Waals surface area contributed by atoms with E-state index in [2.05, 4.69) is 31.7 Å². The van der Waals surface area contributed by atoms with E-state index in [1.807, 2.05) is 0 Å². The molecule has 20 heavy (non-hydrogen) atoms. The van der Waals surface area contributed by atoms with Gasteiger partial charge in [-0.15, -0.1) is 0 Å². The second-order valence-corrected chi connectivity index (χ2v) is 5.77. The van der Waals surface area contributed by atoms with Gasteiger partial charge in [0.25, 0.3) is 0 Å². The van der Waals surface area contributed by atoms with Crippen molar-refractivity contribution in [2.45, 2.75) is 40.0 Å². The molecule has 0 atom stereocenters. The Morgan fingerprint density at radius 1 is 1.15 bits per heavy atom. The minimum Gasteiger partial charge on any atom is -0.496 e. The largest absolute Gasteiger partial charge is 0.496 e. The zero-order chi connectivity index (χ0) is 14.7. The summed E-state index contributed by atoms with van der Waals surface area (Å²) in [6.07, 6.45) is 2.49. The minimum absolute atomic E-state index is 0.411. The monoisotopic (exact) mass is 275 g/mol. The summed E-state index contributed by atoms with van der Waals surface area (Å²) in [6.45, 7) is 9.29. The molecule has 2 rings (SSSR count). The van der Waals surface area contributed by atoms with Gasteiger partial charge < -0.3 is 9.64 Å². The van der Waals surface area contributed by atoms with Gasteiger partial charge in [-0.3, -0.25) is 4.79 Å². The lowest BCUT2D eigenvalue weighted by molar-refractivity contribution is -0.121. The molecule has 1 saturated heterocycles. The number of likely N-dealkylation sites (tertiary alicyclic amines) is 1. The van der Waals surface area contributed by atoms with Crippen molar-refractivity contribution in [3.63, 3.8) is 0 Å². The number of benzene rings is 1. The van der Waals surface area contributed by atoms with Gasteiger partial charge in [-0.05, 0) is 49.4 Å². The number of rotatable bonds is 4. The quantitative estimate of drug-likeness (QED) is 0.846. The fourth-order valence-electron chi connectivity index (χ4n) is 3.02. The molecule has 1 aliphatic rings. The topological polar surface area (TPSA) is 29.5 Å². The number of carbonyl (C=O) groups excluding carboxylic acids is 1. The van der Waals surface area contributed by atoms with Crippen molar-refractivity contribution in [1.82, 2.24) is 4.90 Å². The molecule has 0 radical (unpaired) electrons. The van der Waals surface area contributed by atoms with E-state index >= 15 is 0 Å². The second kappa shape index (κ2) is 6.40. The highest BCUT2D eigenvalue weighted by molar-refractivity contribution is 5.79. The number of hydrogen-bond donors (Lipinski definition) is 0. The Balaban J connectivity index is 2.05. The molecule has 110 valence electrons. The van der Waals surface area contributed by atoms with Crippen molar-refractivity contribution >= 4 is 5.78 Å². The fraction of sp³-hybridized carbons (Fsp3) is 0.588. The first kappa shape index (κ1) is 15.0. The molecular weight excluding hydrogens is 250 g/mol. The van der Waals surface area contributed by atoms with Gasteiger partial charge in [0.2, 0.25) is 0 Å². The molecule has 3 heteroatoms. The summed E-state index contributed by atoms with van der Waals surface area (Å²) in [7, 11) is 1.74. The van der Waals surface area contributed by atoms with Crippen molar-refractivity contribution in [1.29, 1.82) is 0 Å². The number of ketones is 1. The van der Waals surface area contributed by atoms with Crippen LogP contribution in [0.2, 0.25) is 0 Å². The zero-order valence-corrected chi connectivity index (χ0v) is 13.1. The lowest BCUT2D eigenvalue weighted by atomic mass is 9.96. The van der Waals surface area contributed by atoms with Crippen LogP contribution in [0.15, 0.2) is 6.07 Å². The molecule has 0 spiro atoms. The number of ether oxygens (including phenoxy) is 1. The first-order valence-corrected chi connectivity index (χ1v) is 7.40. The number of Topliss-reactive ketones (excluding diaryl/α,β-unsaturated/α-hetero) is 1. The third-order valence-corrected chi connectivity index (χ3v) is 4.45. The van der Waals surface area contributed by atoms with Crippen molar-refractivity contribution in [3.05, 3.63) is 28.3 Å². The highest BCUT2D eigenvalue weighted by atomic mass is 16.5. The van der Waals surface area contributed by atoms with Crippen LogP contribution in [0, 0.1) is 20.8 Å². The maximum absolute atomic E-state index is 11.3. The first-order chi connectivity index (χ1) is 9.52. The summed E-state index contributed by atoms with van der Waals surface area (Å²) in [5.41, 5.74) is 5.19. The average molecular weight is 275 g/mol. The number of methoxy groups -OCH3 is 1. The molecule has 1 aliphatic heterocycles. The Morgan fingerprint density at radius 3 is 2.40 bits per heavy atom. The highest BCUT2D eigenvalue weighted by Crippen LogP contribution is 2.28. The van der Waals surface area contributed by atoms with Crippen LogP contribution in [0.5, 0.6) is 5.75 Å². The number of nitrogens with zero attached hydrogens (tertiary/aromatic N) is 1. The van der Waals surface area contributed by atoms with Gasteiger partial charge in [-0.1, -0.05) is 6.07 Å². The molecule has 0 amide bonds. The smallest absolute Gasteiger partial charge is 0.135 e. The standard InChI is InChI=1S/C17H25NO2/c1-12-11-15(13(2)14(3)17(12)20-4)5-8-18-9-6-16(19)7-10-18/h11H,5-10H2,1-4H3. The van der Waals surface area contributed by atoms with E-state index in [1.54, 1.807) is 7.11 Å². The Kier molecular flexibility index (Phi) is 4.81. The van der Waals surface area contributed by atoms with Crippen LogP contribution in [0.3, 0.4) is 0 Å². The van der Waals surface area contributed by atoms with E-state index in [4.69, 9.17) is 4.74 Å². The van der Waals surface area contributed by atoms with Gasteiger partial charge in [0.15, 0.2) is 0 Å². The number of hydrogen-bond acceptors (Lipinski definition) is 3. The number of aryl methyl sites for hydroxylation is 1. The average Bonchev–Trinajstić information content (AvgIpc) is 2.43. The summed E-state index contributed by atoms with van der Waals surface area (Å²) in [5.74, 6) is 1.42. The third-order valence-electron chi connectivity index (χ3n) is 4.45. The van der Waals surface area contributed by atoms with Crippen molar-refractivity contribution < 1.29 is 9.53 Å². The van der Waals surface area contributed by atoms with E-state index in [-0.39, 0.29) is 0 Å². The molecule has 1 aromatic rings. The summed E-state index contributed by atoms with van der Waals surface area (Å²) in [6, 6.07) is 2.25. The van der Waals surface area contributed by atoms with Crippen LogP contribution in [0.1, 0.15) is 35.1 Å². The van der Waals surface area contributed by atoms with Gasteiger partial charge in [0.1, 0.15) is 11.5 Å². The molecule has 0 N–H and O–H groups in total. The highest BCUT2D eigenvalue weighted by Gasteiger charge is 2.17. The van der Waals surface area contributed by atoms with Gasteiger partial charge >= 0.3 is 0 Å². The lowest BCUT2D eigenvalue weighted by Crippen LogP contribution is -2.35. The van der Waals surface area contributed by atoms with Crippen molar-refractivity contribution in [2.75, 3.05) is 26.7 Å². The maximum atomic E-state index is 11.3. The summed E-state index contributed by atoms with van der Waals surface area (Å²) < 4.78 is 5.47. The van der Waals surface area contributed by atoms with Gasteiger partial charge in [-0.25, -0.2) is 0 Å². The Bertz CT molecular complexity index is 498. The molecule has 0 saturated carbocycles. The van der Waals surface area contributed by atoms with Crippen LogP contribution >= 0.6 is 0 Å². The SMILES string of the molecule is COc1c(C)cc(CCN2CCC(=O)CC2)c(C)c1C. The molecule has 3 nitrogen and oxygen atoms in total. The van der Waals surface area contributed by atoms with E-state index in [0.717, 1.165) is 44.6 Å². The predicted octanol–water partition coefficient (Wildman–Crippen LogP) is 2.83. The lowest BCUT2D eigenvalue weighted by Gasteiger charge is -2.26. The van der Waals surface area contributed by atoms with E-state index in [0.29, 0.717) is 5.78 Å². The normalized spacial score (nSPS) is 16.5. The minimum atomic E-state index is 0.411. The van der Waals surface area contributed by atoms with Crippen LogP contribution in [-0.4, -0.2) is 37.4 Å². The molecule has 0 aliphatic carbocycles. The first-order valence-electron chi connectivity index (χ1n) is 7.40. The molecular formula is C17H25NO2. The summed E-state index contributed by atoms with van der Waals surface area (Å²) in [5, 5.41) is 0. The Morgan fingerprint density at radius 2 is 1.80 bits per heavy atom. The number of carbonyl (C=O) groups is 1. The molecule has 1 aromatic carbocycles. The third kappa shape index (κ3) is 3.21. The summed E-state index contributed by atoms with van der Waals surface area (Å²) in [4.78, 5) is 13.7. The number of piperidine rings is 1. The van der Waals surface area contributed by atoms with E-state index < -0.39 is 0 Å². The molecule has 0 unspecified atom stereocenters. The predicted molar refractivity (Wildman–Crippen MR) is 81.6 cm³/mol. The van der Waals surface area contributed by atoms with Gasteiger partial charge in [-0.2, -0.15) is 0 Å². The van der Waals surface area contributed by atoms with Crippen LogP contribution in [0.25, 0.3) is 0 Å². The summed E-state index contributed by atoms with van der Waals surface area (Å²) >= 11 is 0. The van der Waals surface area contributed by atoms with Gasteiger partial charge in [0.05, 0.1) is 7.11 Å². The van der Waals surface area contributed by atoms with Crippen molar-refractivity contribution in [3.8, 4) is 5.75 Å². The maximum Gasteiger partial charge on any atom is 0.135 e. The molecule has 1 heterocycles. The second-order valence-electron chi connectivity index (χ2n) is 5.77. The van der Waals surface area contributed by atoms with Crippen molar-refractivity contribution in [2.24, 2.45) is 0 Å². The fourth-order valence-corrected chi connectivity index (χ4v) is 3.02. The Hall–Kier alpha value is -1.35. The van der Waals surface area contributed by atoms with E-state index in [1.165, 1.54) is 22.3 Å². The van der Waals surface area contributed by atoms with Gasteiger partial charge in [0, 0.05) is 32.5 Å². The molecule has 1 fully saturated rings. The molecule has 0 bridgehead atoms. The van der Waals surface area contributed by atoms with Crippen LogP contribution < -0.4 is 4.74 Å². The van der Waals surface area contributed by atoms with Crippen LogP contribution in [0.4, 0.5) is 0 Å².